The van der Waals surface area contributed by atoms with Crippen LogP contribution in [-0.4, -0.2) is 67.9 Å². The van der Waals surface area contributed by atoms with Gasteiger partial charge in [-0.1, -0.05) is 13.8 Å². The number of aliphatic carboxylic acids is 2. The van der Waals surface area contributed by atoms with Gasteiger partial charge in [0.15, 0.2) is 0 Å². The third-order valence-electron chi connectivity index (χ3n) is 7.61. The van der Waals surface area contributed by atoms with Gasteiger partial charge in [-0.05, 0) is 50.4 Å². The van der Waals surface area contributed by atoms with Crippen molar-refractivity contribution in [1.29, 1.82) is 0 Å². The molecule has 0 aromatic rings. The fraction of sp³-hybridized carbons (Fsp3) is 0.800. The van der Waals surface area contributed by atoms with Gasteiger partial charge < -0.3 is 20.0 Å². The molecule has 2 aliphatic carbocycles. The van der Waals surface area contributed by atoms with Gasteiger partial charge in [0.05, 0.1) is 11.8 Å². The Kier molecular flexibility index (Phi) is 4.25. The lowest BCUT2D eigenvalue weighted by Crippen LogP contribution is -2.43. The molecule has 6 unspecified atom stereocenters. The molecule has 6 atom stereocenters. The first-order valence-corrected chi connectivity index (χ1v) is 10.3. The van der Waals surface area contributed by atoms with Crippen molar-refractivity contribution in [2.45, 2.75) is 63.5 Å². The monoisotopic (exact) mass is 392 g/mol. The Morgan fingerprint density at radius 3 is 1.50 bits per heavy atom. The predicted molar refractivity (Wildman–Crippen MR) is 97.2 cm³/mol. The number of carbonyl (C=O) groups is 4. The molecule has 0 aromatic carbocycles. The number of rotatable bonds is 5. The summed E-state index contributed by atoms with van der Waals surface area (Å²) >= 11 is 0. The van der Waals surface area contributed by atoms with Gasteiger partial charge in [0.1, 0.15) is 11.1 Å². The minimum atomic E-state index is -0.936. The van der Waals surface area contributed by atoms with Crippen molar-refractivity contribution < 1.29 is 29.4 Å². The summed E-state index contributed by atoms with van der Waals surface area (Å²) in [6, 6.07) is 0. The lowest BCUT2D eigenvalue weighted by atomic mass is 9.73. The normalized spacial score (nSPS) is 42.2. The summed E-state index contributed by atoms with van der Waals surface area (Å²) in [7, 11) is 0. The molecule has 8 heteroatoms. The summed E-state index contributed by atoms with van der Waals surface area (Å²) in [6.07, 6.45) is 3.65. The van der Waals surface area contributed by atoms with E-state index in [4.69, 9.17) is 0 Å². The lowest BCUT2D eigenvalue weighted by molar-refractivity contribution is -0.146. The number of carboxylic acid groups (broad SMARTS) is 2. The van der Waals surface area contributed by atoms with E-state index in [0.717, 1.165) is 12.8 Å². The molecule has 4 rings (SSSR count). The molecule has 0 bridgehead atoms. The Bertz CT molecular complexity index is 691. The second-order valence-electron chi connectivity index (χ2n) is 9.32. The van der Waals surface area contributed by atoms with Crippen molar-refractivity contribution in [1.82, 2.24) is 9.80 Å². The molecule has 2 saturated heterocycles. The average Bonchev–Trinajstić information content (AvgIpc) is 3.36. The predicted octanol–water partition coefficient (Wildman–Crippen LogP) is 1.19. The third kappa shape index (κ3) is 2.49. The number of hydrogen-bond donors (Lipinski definition) is 2. The summed E-state index contributed by atoms with van der Waals surface area (Å²) in [6.45, 7) is 4.63. The van der Waals surface area contributed by atoms with Gasteiger partial charge in [0, 0.05) is 13.1 Å². The minimum Gasteiger partial charge on any atom is -0.481 e. The maximum Gasteiger partial charge on any atom is 0.309 e. The molecule has 2 spiro atoms. The van der Waals surface area contributed by atoms with E-state index in [9.17, 15) is 29.4 Å². The molecule has 2 saturated carbocycles. The second-order valence-corrected chi connectivity index (χ2v) is 9.32. The van der Waals surface area contributed by atoms with Crippen LogP contribution in [-0.2, 0) is 19.2 Å². The van der Waals surface area contributed by atoms with Crippen molar-refractivity contribution >= 4 is 23.8 Å². The van der Waals surface area contributed by atoms with Crippen LogP contribution in [0.2, 0.25) is 0 Å². The molecule has 4 fully saturated rings. The van der Waals surface area contributed by atoms with E-state index >= 15 is 0 Å². The Labute approximate surface area is 163 Å². The third-order valence-corrected chi connectivity index (χ3v) is 7.61. The standard InChI is InChI=1S/C20H28N2O6/c1-11-3-5-13(15(23)24)19(9-11)17(27)21(19)7-8-22-18(28)20(22)10-12(2)4-6-14(20)16(25)26/h11-14H,3-10H2,1-2H3,(H,23,24)(H,25,26). The van der Waals surface area contributed by atoms with Crippen LogP contribution in [0.1, 0.15) is 52.4 Å². The maximum atomic E-state index is 12.6. The zero-order chi connectivity index (χ0) is 20.4. The largest absolute Gasteiger partial charge is 0.481 e. The smallest absolute Gasteiger partial charge is 0.309 e. The molecule has 28 heavy (non-hydrogen) atoms. The molecular formula is C20H28N2O6. The Hall–Kier alpha value is -2.12. The number of nitrogens with zero attached hydrogens (tertiary/aromatic N) is 2. The highest BCUT2D eigenvalue weighted by Crippen LogP contribution is 2.54. The molecule has 2 N–H and O–H groups in total. The van der Waals surface area contributed by atoms with Gasteiger partial charge in [-0.25, -0.2) is 0 Å². The molecule has 2 amide bonds. The highest BCUT2D eigenvalue weighted by molar-refractivity contribution is 6.07. The van der Waals surface area contributed by atoms with E-state index in [1.165, 1.54) is 0 Å². The van der Waals surface area contributed by atoms with E-state index in [1.54, 1.807) is 9.80 Å². The number of amides is 2. The topological polar surface area (TPSA) is 115 Å². The number of carbonyl (C=O) groups excluding carboxylic acids is 2. The van der Waals surface area contributed by atoms with Crippen LogP contribution in [0.5, 0.6) is 0 Å². The summed E-state index contributed by atoms with van der Waals surface area (Å²) < 4.78 is 0. The molecule has 2 heterocycles. The summed E-state index contributed by atoms with van der Waals surface area (Å²) in [5, 5.41) is 19.2. The van der Waals surface area contributed by atoms with Crippen LogP contribution < -0.4 is 0 Å². The van der Waals surface area contributed by atoms with Crippen molar-refractivity contribution in [3.63, 3.8) is 0 Å². The van der Waals surface area contributed by atoms with E-state index < -0.39 is 34.9 Å². The first-order chi connectivity index (χ1) is 13.2. The van der Waals surface area contributed by atoms with Crippen molar-refractivity contribution in [3.05, 3.63) is 0 Å². The van der Waals surface area contributed by atoms with Crippen LogP contribution in [0, 0.1) is 23.7 Å². The summed E-state index contributed by atoms with van der Waals surface area (Å²) in [5.74, 6) is -2.97. The van der Waals surface area contributed by atoms with Gasteiger partial charge in [0.2, 0.25) is 11.8 Å². The Morgan fingerprint density at radius 1 is 0.821 bits per heavy atom. The Balaban J connectivity index is 1.47. The van der Waals surface area contributed by atoms with E-state index in [1.807, 2.05) is 13.8 Å². The second kappa shape index (κ2) is 6.19. The van der Waals surface area contributed by atoms with E-state index in [-0.39, 0.29) is 36.7 Å². The summed E-state index contributed by atoms with van der Waals surface area (Å²) in [5.41, 5.74) is -1.86. The zero-order valence-electron chi connectivity index (χ0n) is 16.4. The maximum absolute atomic E-state index is 12.6. The van der Waals surface area contributed by atoms with Gasteiger partial charge >= 0.3 is 11.9 Å². The molecular weight excluding hydrogens is 364 g/mol. The molecule has 0 radical (unpaired) electrons. The van der Waals surface area contributed by atoms with Gasteiger partial charge in [-0.2, -0.15) is 0 Å². The number of carboxylic acids is 2. The van der Waals surface area contributed by atoms with Gasteiger partial charge in [-0.15, -0.1) is 0 Å². The fourth-order valence-corrected chi connectivity index (χ4v) is 6.10. The van der Waals surface area contributed by atoms with E-state index in [2.05, 4.69) is 0 Å². The van der Waals surface area contributed by atoms with Gasteiger partial charge in [0.25, 0.3) is 0 Å². The highest BCUT2D eigenvalue weighted by atomic mass is 16.4. The molecule has 154 valence electrons. The SMILES string of the molecule is CC1CCC(C(=O)O)C2(C1)C(=O)N2CCN1C(=O)C12CC(C)CCC2C(=O)O. The lowest BCUT2D eigenvalue weighted by Gasteiger charge is -2.32. The van der Waals surface area contributed by atoms with E-state index in [0.29, 0.717) is 25.7 Å². The number of hydrogen-bond acceptors (Lipinski definition) is 4. The Morgan fingerprint density at radius 2 is 1.18 bits per heavy atom. The minimum absolute atomic E-state index is 0.137. The molecule has 4 aliphatic rings. The first kappa shape index (κ1) is 19.2. The van der Waals surface area contributed by atoms with Crippen LogP contribution in [0.15, 0.2) is 0 Å². The zero-order valence-corrected chi connectivity index (χ0v) is 16.4. The van der Waals surface area contributed by atoms with Crippen molar-refractivity contribution in [3.8, 4) is 0 Å². The van der Waals surface area contributed by atoms with Gasteiger partial charge in [-0.3, -0.25) is 19.2 Å². The fourth-order valence-electron chi connectivity index (χ4n) is 6.10. The quantitative estimate of drug-likeness (QED) is 0.679. The first-order valence-electron chi connectivity index (χ1n) is 10.3. The van der Waals surface area contributed by atoms with Crippen molar-refractivity contribution in [2.75, 3.05) is 13.1 Å². The highest BCUT2D eigenvalue weighted by Gasteiger charge is 2.72. The molecule has 0 aromatic heterocycles. The van der Waals surface area contributed by atoms with Crippen LogP contribution in [0.25, 0.3) is 0 Å². The van der Waals surface area contributed by atoms with Crippen molar-refractivity contribution in [2.24, 2.45) is 23.7 Å². The van der Waals surface area contributed by atoms with Crippen LogP contribution in [0.3, 0.4) is 0 Å². The van der Waals surface area contributed by atoms with Crippen LogP contribution >= 0.6 is 0 Å². The average molecular weight is 392 g/mol. The van der Waals surface area contributed by atoms with Crippen LogP contribution in [0.4, 0.5) is 0 Å². The summed E-state index contributed by atoms with van der Waals surface area (Å²) in [4.78, 5) is 51.9. The molecule has 2 aliphatic heterocycles. The molecule has 8 nitrogen and oxygen atoms in total.